The minimum absolute atomic E-state index is 0.0444. The summed E-state index contributed by atoms with van der Waals surface area (Å²) in [4.78, 5) is 0. The number of hydrogen-bond donors (Lipinski definition) is 0. The topological polar surface area (TPSA) is 27.7 Å². The van der Waals surface area contributed by atoms with E-state index in [0.29, 0.717) is 0 Å². The molecule has 2 rings (SSSR count). The number of rotatable bonds is 3. The maximum atomic E-state index is 5.71. The van der Waals surface area contributed by atoms with Gasteiger partial charge in [0.25, 0.3) is 0 Å². The summed E-state index contributed by atoms with van der Waals surface area (Å²) in [5.41, 5.74) is 1.19. The Kier molecular flexibility index (Phi) is 3.23. The monoisotopic (exact) mass is 208 g/mol. The first kappa shape index (κ1) is 10.5. The van der Waals surface area contributed by atoms with Crippen molar-refractivity contribution in [1.29, 1.82) is 0 Å². The summed E-state index contributed by atoms with van der Waals surface area (Å²) in [7, 11) is 3.35. The first-order chi connectivity index (χ1) is 7.33. The Morgan fingerprint density at radius 1 is 1.13 bits per heavy atom. The fourth-order valence-electron chi connectivity index (χ4n) is 1.84. The van der Waals surface area contributed by atoms with E-state index in [1.165, 1.54) is 5.56 Å². The van der Waals surface area contributed by atoms with Gasteiger partial charge in [-0.3, -0.25) is 0 Å². The van der Waals surface area contributed by atoms with Gasteiger partial charge in [0.1, 0.15) is 5.75 Å². The van der Waals surface area contributed by atoms with Crippen LogP contribution in [0.15, 0.2) is 24.3 Å². The van der Waals surface area contributed by atoms with Crippen molar-refractivity contribution < 1.29 is 14.2 Å². The van der Waals surface area contributed by atoms with E-state index in [0.717, 1.165) is 18.6 Å². The molecule has 1 aromatic rings. The van der Waals surface area contributed by atoms with Crippen LogP contribution < -0.4 is 4.74 Å². The van der Waals surface area contributed by atoms with Gasteiger partial charge < -0.3 is 14.2 Å². The zero-order valence-corrected chi connectivity index (χ0v) is 9.10. The van der Waals surface area contributed by atoms with Crippen LogP contribution in [0.4, 0.5) is 0 Å². The average molecular weight is 208 g/mol. The Morgan fingerprint density at radius 2 is 1.87 bits per heavy atom. The van der Waals surface area contributed by atoms with Gasteiger partial charge in [0.05, 0.1) is 13.2 Å². The van der Waals surface area contributed by atoms with Gasteiger partial charge in [0, 0.05) is 13.5 Å². The molecule has 0 spiro atoms. The Morgan fingerprint density at radius 3 is 2.40 bits per heavy atom. The van der Waals surface area contributed by atoms with E-state index in [9.17, 15) is 0 Å². The number of ether oxygens (including phenoxy) is 3. The van der Waals surface area contributed by atoms with Gasteiger partial charge in [0.15, 0.2) is 6.29 Å². The summed E-state index contributed by atoms with van der Waals surface area (Å²) in [6, 6.07) is 8.00. The van der Waals surface area contributed by atoms with Crippen molar-refractivity contribution in [3.05, 3.63) is 29.8 Å². The summed E-state index contributed by atoms with van der Waals surface area (Å²) in [5, 5.41) is 0. The lowest BCUT2D eigenvalue weighted by Crippen LogP contribution is -2.08. The highest BCUT2D eigenvalue weighted by Crippen LogP contribution is 2.33. The third-order valence-electron chi connectivity index (χ3n) is 2.73. The normalized spacial score (nSPS) is 25.5. The Balaban J connectivity index is 2.04. The Bertz CT molecular complexity index is 307. The molecule has 0 bridgehead atoms. The van der Waals surface area contributed by atoms with Crippen LogP contribution in [0.2, 0.25) is 0 Å². The molecular formula is C12H16O3. The lowest BCUT2D eigenvalue weighted by Gasteiger charge is -2.12. The third kappa shape index (κ3) is 2.30. The lowest BCUT2D eigenvalue weighted by atomic mass is 10.1. The van der Waals surface area contributed by atoms with Crippen LogP contribution >= 0.6 is 0 Å². The van der Waals surface area contributed by atoms with Crippen LogP contribution in [0.3, 0.4) is 0 Å². The molecule has 3 heteroatoms. The van der Waals surface area contributed by atoms with Crippen LogP contribution in [0.25, 0.3) is 0 Å². The molecule has 2 atom stereocenters. The maximum absolute atomic E-state index is 5.71. The predicted molar refractivity (Wildman–Crippen MR) is 56.9 cm³/mol. The fourth-order valence-corrected chi connectivity index (χ4v) is 1.84. The summed E-state index contributed by atoms with van der Waals surface area (Å²) >= 11 is 0. The van der Waals surface area contributed by atoms with Crippen molar-refractivity contribution in [2.45, 2.75) is 25.2 Å². The van der Waals surface area contributed by atoms with Gasteiger partial charge in [0.2, 0.25) is 0 Å². The molecule has 82 valence electrons. The van der Waals surface area contributed by atoms with Crippen molar-refractivity contribution in [2.24, 2.45) is 0 Å². The van der Waals surface area contributed by atoms with Crippen molar-refractivity contribution >= 4 is 0 Å². The van der Waals surface area contributed by atoms with E-state index in [1.54, 1.807) is 14.2 Å². The van der Waals surface area contributed by atoms with Crippen molar-refractivity contribution in [3.63, 3.8) is 0 Å². The van der Waals surface area contributed by atoms with E-state index in [-0.39, 0.29) is 12.4 Å². The first-order valence-electron chi connectivity index (χ1n) is 5.15. The molecule has 0 aliphatic carbocycles. The summed E-state index contributed by atoms with van der Waals surface area (Å²) in [6.45, 7) is 0. The molecule has 1 fully saturated rings. The Hall–Kier alpha value is -1.06. The quantitative estimate of drug-likeness (QED) is 0.764. The van der Waals surface area contributed by atoms with Gasteiger partial charge in [-0.15, -0.1) is 0 Å². The van der Waals surface area contributed by atoms with Gasteiger partial charge in [-0.25, -0.2) is 0 Å². The molecule has 1 aliphatic rings. The molecule has 1 aliphatic heterocycles. The summed E-state index contributed by atoms with van der Waals surface area (Å²) in [5.74, 6) is 0.875. The van der Waals surface area contributed by atoms with Gasteiger partial charge >= 0.3 is 0 Å². The largest absolute Gasteiger partial charge is 0.497 e. The molecule has 1 aromatic carbocycles. The van der Waals surface area contributed by atoms with Crippen molar-refractivity contribution in [2.75, 3.05) is 14.2 Å². The lowest BCUT2D eigenvalue weighted by molar-refractivity contribution is -0.115. The zero-order valence-electron chi connectivity index (χ0n) is 9.10. The second-order valence-electron chi connectivity index (χ2n) is 3.64. The summed E-state index contributed by atoms with van der Waals surface area (Å²) in [6.07, 6.45) is 2.11. The van der Waals surface area contributed by atoms with E-state index >= 15 is 0 Å². The van der Waals surface area contributed by atoms with Crippen LogP contribution in [-0.4, -0.2) is 20.5 Å². The summed E-state index contributed by atoms with van der Waals surface area (Å²) < 4.78 is 16.0. The third-order valence-corrected chi connectivity index (χ3v) is 2.73. The predicted octanol–water partition coefficient (Wildman–Crippen LogP) is 2.52. The van der Waals surface area contributed by atoms with Crippen LogP contribution in [0.1, 0.15) is 24.5 Å². The van der Waals surface area contributed by atoms with Crippen LogP contribution in [0.5, 0.6) is 5.75 Å². The highest BCUT2D eigenvalue weighted by atomic mass is 16.7. The SMILES string of the molecule is COc1ccc(C2CCC(OC)O2)cc1. The molecule has 0 N–H and O–H groups in total. The highest BCUT2D eigenvalue weighted by Gasteiger charge is 2.25. The molecular weight excluding hydrogens is 192 g/mol. The second kappa shape index (κ2) is 4.64. The molecule has 1 heterocycles. The Labute approximate surface area is 90.0 Å². The van der Waals surface area contributed by atoms with Gasteiger partial charge in [-0.05, 0) is 24.1 Å². The average Bonchev–Trinajstić information content (AvgIpc) is 2.78. The molecule has 0 radical (unpaired) electrons. The highest BCUT2D eigenvalue weighted by molar-refractivity contribution is 5.28. The smallest absolute Gasteiger partial charge is 0.158 e. The van der Waals surface area contributed by atoms with Crippen LogP contribution in [0, 0.1) is 0 Å². The standard InChI is InChI=1S/C12H16O3/c1-13-10-5-3-9(4-6-10)11-7-8-12(14-2)15-11/h3-6,11-12H,7-8H2,1-2H3. The molecule has 15 heavy (non-hydrogen) atoms. The molecule has 2 unspecified atom stereocenters. The van der Waals surface area contributed by atoms with Gasteiger partial charge in [-0.2, -0.15) is 0 Å². The van der Waals surface area contributed by atoms with Crippen molar-refractivity contribution in [3.8, 4) is 5.75 Å². The minimum atomic E-state index is -0.0444. The molecule has 1 saturated heterocycles. The van der Waals surface area contributed by atoms with E-state index in [2.05, 4.69) is 0 Å². The number of benzene rings is 1. The maximum Gasteiger partial charge on any atom is 0.158 e. The molecule has 0 saturated carbocycles. The minimum Gasteiger partial charge on any atom is -0.497 e. The van der Waals surface area contributed by atoms with Crippen LogP contribution in [-0.2, 0) is 9.47 Å². The number of methoxy groups -OCH3 is 2. The van der Waals surface area contributed by atoms with E-state index in [4.69, 9.17) is 14.2 Å². The fraction of sp³-hybridized carbons (Fsp3) is 0.500. The second-order valence-corrected chi connectivity index (χ2v) is 3.64. The first-order valence-corrected chi connectivity index (χ1v) is 5.15. The number of hydrogen-bond acceptors (Lipinski definition) is 3. The molecule has 0 aromatic heterocycles. The molecule has 0 amide bonds. The van der Waals surface area contributed by atoms with Gasteiger partial charge in [-0.1, -0.05) is 12.1 Å². The van der Waals surface area contributed by atoms with E-state index < -0.39 is 0 Å². The molecule has 3 nitrogen and oxygen atoms in total. The van der Waals surface area contributed by atoms with Crippen molar-refractivity contribution in [1.82, 2.24) is 0 Å². The van der Waals surface area contributed by atoms with E-state index in [1.807, 2.05) is 24.3 Å². The zero-order chi connectivity index (χ0) is 10.7.